The van der Waals surface area contributed by atoms with Gasteiger partial charge in [0, 0.05) is 25.0 Å². The molecule has 2 aliphatic heterocycles. The number of rotatable bonds is 2. The third kappa shape index (κ3) is 2.00. The van der Waals surface area contributed by atoms with E-state index in [1.807, 2.05) is 12.1 Å². The van der Waals surface area contributed by atoms with E-state index >= 15 is 0 Å². The molecule has 5 heteroatoms. The first-order chi connectivity index (χ1) is 11.1. The Balaban J connectivity index is 1.57. The molecule has 0 bridgehead atoms. The lowest BCUT2D eigenvalue weighted by atomic mass is 9.91. The number of benzene rings is 1. The van der Waals surface area contributed by atoms with Gasteiger partial charge in [-0.15, -0.1) is 0 Å². The molecule has 120 valence electrons. The van der Waals surface area contributed by atoms with E-state index in [4.69, 9.17) is 0 Å². The smallest absolute Gasteiger partial charge is 0.183 e. The molecule has 0 amide bonds. The Morgan fingerprint density at radius 2 is 1.96 bits per heavy atom. The summed E-state index contributed by atoms with van der Waals surface area (Å²) in [6.07, 6.45) is 3.77. The van der Waals surface area contributed by atoms with Crippen LogP contribution >= 0.6 is 11.3 Å². The van der Waals surface area contributed by atoms with Crippen molar-refractivity contribution in [2.75, 3.05) is 13.1 Å². The molecule has 1 aromatic heterocycles. The van der Waals surface area contributed by atoms with Crippen LogP contribution in [0.3, 0.4) is 0 Å². The van der Waals surface area contributed by atoms with Crippen molar-refractivity contribution in [3.8, 4) is 11.1 Å². The summed E-state index contributed by atoms with van der Waals surface area (Å²) in [6, 6.07) is 8.65. The Bertz CT molecular complexity index is 853. The first-order valence-corrected chi connectivity index (χ1v) is 10.8. The van der Waals surface area contributed by atoms with Crippen LogP contribution in [0.4, 0.5) is 0 Å². The minimum absolute atomic E-state index is 0.161. The van der Waals surface area contributed by atoms with E-state index in [2.05, 4.69) is 27.8 Å². The predicted octanol–water partition coefficient (Wildman–Crippen LogP) is 3.52. The Kier molecular flexibility index (Phi) is 3.03. The van der Waals surface area contributed by atoms with Crippen molar-refractivity contribution in [2.24, 2.45) is 0 Å². The summed E-state index contributed by atoms with van der Waals surface area (Å²) in [6.45, 7) is 1.63. The molecule has 0 N–H and O–H groups in total. The van der Waals surface area contributed by atoms with Gasteiger partial charge in [-0.1, -0.05) is 12.5 Å². The topological polar surface area (TPSA) is 37.4 Å². The zero-order valence-electron chi connectivity index (χ0n) is 12.8. The standard InChI is InChI=1S/C18H19NO2S2/c20-23(21)17-5-4-12(13-6-7-22-11-13)8-15(17)16-9-19(10-18(16)23)14-2-1-3-14/h4-8,11,14,16,18H,1-3,9-10H2. The predicted molar refractivity (Wildman–Crippen MR) is 92.7 cm³/mol. The van der Waals surface area contributed by atoms with E-state index in [-0.39, 0.29) is 11.2 Å². The van der Waals surface area contributed by atoms with E-state index in [0.29, 0.717) is 10.9 Å². The van der Waals surface area contributed by atoms with E-state index in [1.165, 1.54) is 24.8 Å². The van der Waals surface area contributed by atoms with Gasteiger partial charge in [-0.25, -0.2) is 8.42 Å². The third-order valence-electron chi connectivity index (χ3n) is 5.85. The van der Waals surface area contributed by atoms with Crippen LogP contribution in [0.25, 0.3) is 11.1 Å². The van der Waals surface area contributed by atoms with Gasteiger partial charge >= 0.3 is 0 Å². The first-order valence-electron chi connectivity index (χ1n) is 8.29. The molecule has 1 aliphatic carbocycles. The Hall–Kier alpha value is -1.17. The maximum absolute atomic E-state index is 12.9. The van der Waals surface area contributed by atoms with Crippen molar-refractivity contribution in [3.63, 3.8) is 0 Å². The van der Waals surface area contributed by atoms with Crippen LogP contribution in [-0.2, 0) is 9.84 Å². The molecule has 0 radical (unpaired) electrons. The second kappa shape index (κ2) is 4.91. The molecule has 2 atom stereocenters. The number of likely N-dealkylation sites (tertiary alicyclic amines) is 1. The van der Waals surface area contributed by atoms with Gasteiger partial charge in [0.05, 0.1) is 10.1 Å². The first kappa shape index (κ1) is 14.2. The molecule has 1 aromatic carbocycles. The summed E-state index contributed by atoms with van der Waals surface area (Å²) in [5, 5.41) is 3.96. The molecule has 23 heavy (non-hydrogen) atoms. The van der Waals surface area contributed by atoms with Gasteiger partial charge in [-0.2, -0.15) is 11.3 Å². The molecule has 2 aromatic rings. The normalized spacial score (nSPS) is 29.2. The SMILES string of the molecule is O=S1(=O)c2ccc(-c3ccsc3)cc2C2CN(C3CCC3)CC21. The summed E-state index contributed by atoms with van der Waals surface area (Å²) in [4.78, 5) is 3.01. The number of hydrogen-bond donors (Lipinski definition) is 0. The molecular weight excluding hydrogens is 326 g/mol. The van der Waals surface area contributed by atoms with Crippen LogP contribution in [0.2, 0.25) is 0 Å². The Morgan fingerprint density at radius 3 is 2.65 bits per heavy atom. The highest BCUT2D eigenvalue weighted by atomic mass is 32.2. The number of sulfone groups is 1. The maximum Gasteiger partial charge on any atom is 0.183 e. The largest absolute Gasteiger partial charge is 0.298 e. The van der Waals surface area contributed by atoms with Crippen molar-refractivity contribution >= 4 is 21.2 Å². The molecular formula is C18H19NO2S2. The van der Waals surface area contributed by atoms with Crippen LogP contribution in [0, 0.1) is 0 Å². The number of thiophene rings is 1. The van der Waals surface area contributed by atoms with Crippen LogP contribution in [-0.4, -0.2) is 37.7 Å². The molecule has 3 nitrogen and oxygen atoms in total. The van der Waals surface area contributed by atoms with Crippen molar-refractivity contribution in [1.29, 1.82) is 0 Å². The number of hydrogen-bond acceptors (Lipinski definition) is 4. The van der Waals surface area contributed by atoms with Gasteiger partial charge in [-0.3, -0.25) is 4.90 Å². The van der Waals surface area contributed by atoms with E-state index in [9.17, 15) is 8.42 Å². The minimum atomic E-state index is -3.16. The van der Waals surface area contributed by atoms with Gasteiger partial charge in [0.1, 0.15) is 0 Å². The lowest BCUT2D eigenvalue weighted by Crippen LogP contribution is -2.39. The average Bonchev–Trinajstić information content (AvgIpc) is 3.17. The van der Waals surface area contributed by atoms with Crippen LogP contribution < -0.4 is 0 Å². The summed E-state index contributed by atoms with van der Waals surface area (Å²) in [5.74, 6) is 0.161. The lowest BCUT2D eigenvalue weighted by Gasteiger charge is -2.35. The fraction of sp³-hybridized carbons (Fsp3) is 0.444. The molecule has 2 fully saturated rings. The Morgan fingerprint density at radius 1 is 1.09 bits per heavy atom. The molecule has 5 rings (SSSR count). The fourth-order valence-corrected chi connectivity index (χ4v) is 7.18. The van der Waals surface area contributed by atoms with E-state index < -0.39 is 9.84 Å². The van der Waals surface area contributed by atoms with E-state index in [0.717, 1.165) is 24.2 Å². The molecule has 0 spiro atoms. The van der Waals surface area contributed by atoms with Gasteiger partial charge in [0.25, 0.3) is 0 Å². The highest BCUT2D eigenvalue weighted by molar-refractivity contribution is 7.92. The highest BCUT2D eigenvalue weighted by Gasteiger charge is 2.51. The molecule has 1 saturated heterocycles. The zero-order chi connectivity index (χ0) is 15.6. The van der Waals surface area contributed by atoms with Gasteiger partial charge in [-0.05, 0) is 58.5 Å². The fourth-order valence-electron chi connectivity index (χ4n) is 4.33. The van der Waals surface area contributed by atoms with Gasteiger partial charge < -0.3 is 0 Å². The van der Waals surface area contributed by atoms with Crippen LogP contribution in [0.5, 0.6) is 0 Å². The van der Waals surface area contributed by atoms with Crippen molar-refractivity contribution < 1.29 is 8.42 Å². The monoisotopic (exact) mass is 345 g/mol. The highest BCUT2D eigenvalue weighted by Crippen LogP contribution is 2.47. The summed E-state index contributed by atoms with van der Waals surface area (Å²) >= 11 is 1.68. The second-order valence-electron chi connectivity index (χ2n) is 6.99. The molecule has 1 saturated carbocycles. The number of fused-ring (bicyclic) bond motifs is 3. The molecule has 3 heterocycles. The third-order valence-corrected chi connectivity index (χ3v) is 8.80. The van der Waals surface area contributed by atoms with Gasteiger partial charge in [0.2, 0.25) is 0 Å². The van der Waals surface area contributed by atoms with Crippen molar-refractivity contribution in [3.05, 3.63) is 40.6 Å². The Labute approximate surface area is 140 Å². The van der Waals surface area contributed by atoms with Crippen molar-refractivity contribution in [1.82, 2.24) is 4.90 Å². The van der Waals surface area contributed by atoms with Gasteiger partial charge in [0.15, 0.2) is 9.84 Å². The summed E-state index contributed by atoms with van der Waals surface area (Å²) < 4.78 is 25.8. The van der Waals surface area contributed by atoms with Crippen LogP contribution in [0.1, 0.15) is 30.7 Å². The zero-order valence-corrected chi connectivity index (χ0v) is 14.4. The minimum Gasteiger partial charge on any atom is -0.298 e. The second-order valence-corrected chi connectivity index (χ2v) is 9.91. The average molecular weight is 345 g/mol. The van der Waals surface area contributed by atoms with Crippen molar-refractivity contribution in [2.45, 2.75) is 41.4 Å². The lowest BCUT2D eigenvalue weighted by molar-refractivity contribution is 0.157. The summed E-state index contributed by atoms with van der Waals surface area (Å²) in [7, 11) is -3.16. The van der Waals surface area contributed by atoms with Crippen LogP contribution in [0.15, 0.2) is 39.9 Å². The molecule has 2 unspecified atom stereocenters. The van der Waals surface area contributed by atoms with E-state index in [1.54, 1.807) is 11.3 Å². The number of nitrogens with zero attached hydrogens (tertiary/aromatic N) is 1. The maximum atomic E-state index is 12.9. The molecule has 3 aliphatic rings. The quantitative estimate of drug-likeness (QED) is 0.836. The summed E-state index contributed by atoms with van der Waals surface area (Å²) in [5.41, 5.74) is 3.39.